The van der Waals surface area contributed by atoms with Gasteiger partial charge >= 0.3 is 0 Å². The van der Waals surface area contributed by atoms with Gasteiger partial charge in [0.1, 0.15) is 5.83 Å². The van der Waals surface area contributed by atoms with Crippen LogP contribution in [0.3, 0.4) is 0 Å². The standard InChI is InChI=1S/C10H16FNO/c1-3-8(4-7(2)11)10(12)9-5-13-6-9/h4,9-10H,2-3,5-6,12H2,1H3/b8-4+/t10-/m0/s1. The predicted molar refractivity (Wildman–Crippen MR) is 50.9 cm³/mol. The molecule has 74 valence electrons. The van der Waals surface area contributed by atoms with Crippen LogP contribution in [0, 0.1) is 5.92 Å². The molecule has 1 saturated heterocycles. The Morgan fingerprint density at radius 2 is 2.38 bits per heavy atom. The van der Waals surface area contributed by atoms with E-state index in [0.717, 1.165) is 12.0 Å². The van der Waals surface area contributed by atoms with E-state index in [9.17, 15) is 4.39 Å². The SMILES string of the molecule is C=C(F)/C=C(\CC)[C@H](N)C1COC1. The zero-order valence-electron chi connectivity index (χ0n) is 7.92. The van der Waals surface area contributed by atoms with Crippen molar-refractivity contribution < 1.29 is 9.13 Å². The molecule has 2 nitrogen and oxygen atoms in total. The van der Waals surface area contributed by atoms with E-state index in [2.05, 4.69) is 6.58 Å². The Morgan fingerprint density at radius 1 is 1.77 bits per heavy atom. The Labute approximate surface area is 78.3 Å². The summed E-state index contributed by atoms with van der Waals surface area (Å²) in [5.74, 6) is -0.0712. The number of nitrogens with two attached hydrogens (primary N) is 1. The maximum Gasteiger partial charge on any atom is 0.116 e. The van der Waals surface area contributed by atoms with Crippen LogP contribution < -0.4 is 5.73 Å². The lowest BCUT2D eigenvalue weighted by molar-refractivity contribution is -0.0387. The molecule has 13 heavy (non-hydrogen) atoms. The van der Waals surface area contributed by atoms with Crippen LogP contribution in [0.25, 0.3) is 0 Å². The molecule has 0 aromatic rings. The van der Waals surface area contributed by atoms with Gasteiger partial charge in [0, 0.05) is 12.0 Å². The molecule has 0 aliphatic carbocycles. The third kappa shape index (κ3) is 2.64. The molecule has 0 unspecified atom stereocenters. The third-order valence-corrected chi connectivity index (χ3v) is 2.35. The summed E-state index contributed by atoms with van der Waals surface area (Å²) in [4.78, 5) is 0. The van der Waals surface area contributed by atoms with E-state index in [4.69, 9.17) is 10.5 Å². The lowest BCUT2D eigenvalue weighted by Crippen LogP contribution is -2.44. The molecule has 2 N–H and O–H groups in total. The van der Waals surface area contributed by atoms with Gasteiger partial charge in [-0.25, -0.2) is 4.39 Å². The second-order valence-electron chi connectivity index (χ2n) is 3.34. The van der Waals surface area contributed by atoms with Gasteiger partial charge in [-0.05, 0) is 12.5 Å². The Hall–Kier alpha value is -0.670. The Bertz CT molecular complexity index is 221. The molecule has 0 amide bonds. The van der Waals surface area contributed by atoms with E-state index in [0.29, 0.717) is 19.1 Å². The van der Waals surface area contributed by atoms with Crippen LogP contribution in [-0.2, 0) is 4.74 Å². The van der Waals surface area contributed by atoms with Crippen LogP contribution in [0.15, 0.2) is 24.1 Å². The molecule has 3 heteroatoms. The molecule has 0 spiro atoms. The van der Waals surface area contributed by atoms with Gasteiger partial charge in [0.05, 0.1) is 13.2 Å². The first kappa shape index (κ1) is 10.4. The highest BCUT2D eigenvalue weighted by molar-refractivity contribution is 5.21. The highest BCUT2D eigenvalue weighted by atomic mass is 19.1. The highest BCUT2D eigenvalue weighted by Gasteiger charge is 2.27. The van der Waals surface area contributed by atoms with Crippen molar-refractivity contribution in [3.05, 3.63) is 24.1 Å². The first-order valence-corrected chi connectivity index (χ1v) is 4.53. The number of hydrogen-bond acceptors (Lipinski definition) is 2. The minimum Gasteiger partial charge on any atom is -0.381 e. The van der Waals surface area contributed by atoms with E-state index in [1.54, 1.807) is 0 Å². The average Bonchev–Trinajstić information content (AvgIpc) is 1.96. The summed E-state index contributed by atoms with van der Waals surface area (Å²) in [6, 6.07) is -0.0775. The molecular weight excluding hydrogens is 169 g/mol. The summed E-state index contributed by atoms with van der Waals surface area (Å²) in [5, 5.41) is 0. The van der Waals surface area contributed by atoms with Crippen molar-refractivity contribution >= 4 is 0 Å². The van der Waals surface area contributed by atoms with Crippen molar-refractivity contribution in [1.29, 1.82) is 0 Å². The molecule has 0 bridgehead atoms. The van der Waals surface area contributed by atoms with Crippen molar-refractivity contribution in [2.75, 3.05) is 13.2 Å². The smallest absolute Gasteiger partial charge is 0.116 e. The molecular formula is C10H16FNO. The van der Waals surface area contributed by atoms with Crippen molar-refractivity contribution in [3.8, 4) is 0 Å². The minimum absolute atomic E-state index is 0.0775. The van der Waals surface area contributed by atoms with E-state index in [-0.39, 0.29) is 6.04 Å². The minimum atomic E-state index is -0.424. The second kappa shape index (κ2) is 4.53. The van der Waals surface area contributed by atoms with Crippen molar-refractivity contribution in [2.45, 2.75) is 19.4 Å². The van der Waals surface area contributed by atoms with E-state index in [1.807, 2.05) is 6.92 Å². The van der Waals surface area contributed by atoms with Crippen LogP contribution in [0.1, 0.15) is 13.3 Å². The molecule has 1 aliphatic rings. The van der Waals surface area contributed by atoms with Gasteiger partial charge in [-0.3, -0.25) is 0 Å². The fourth-order valence-electron chi connectivity index (χ4n) is 1.40. The van der Waals surface area contributed by atoms with Crippen LogP contribution in [0.5, 0.6) is 0 Å². The third-order valence-electron chi connectivity index (χ3n) is 2.35. The van der Waals surface area contributed by atoms with Crippen molar-refractivity contribution in [2.24, 2.45) is 11.7 Å². The molecule has 1 aliphatic heterocycles. The Kier molecular flexibility index (Phi) is 3.63. The molecule has 0 aromatic heterocycles. The lowest BCUT2D eigenvalue weighted by atomic mass is 9.90. The monoisotopic (exact) mass is 185 g/mol. The summed E-state index contributed by atoms with van der Waals surface area (Å²) >= 11 is 0. The van der Waals surface area contributed by atoms with E-state index < -0.39 is 5.83 Å². The second-order valence-corrected chi connectivity index (χ2v) is 3.34. The van der Waals surface area contributed by atoms with Crippen molar-refractivity contribution in [1.82, 2.24) is 0 Å². The quantitative estimate of drug-likeness (QED) is 0.677. The first-order chi connectivity index (χ1) is 6.15. The lowest BCUT2D eigenvalue weighted by Gasteiger charge is -2.32. The maximum atomic E-state index is 12.5. The molecule has 0 saturated carbocycles. The first-order valence-electron chi connectivity index (χ1n) is 4.53. The summed E-state index contributed by atoms with van der Waals surface area (Å²) in [5.41, 5.74) is 6.84. The topological polar surface area (TPSA) is 35.2 Å². The number of hydrogen-bond donors (Lipinski definition) is 1. The fourth-order valence-corrected chi connectivity index (χ4v) is 1.40. The van der Waals surface area contributed by atoms with E-state index in [1.165, 1.54) is 6.08 Å². The molecule has 1 atom stereocenters. The molecule has 0 aromatic carbocycles. The van der Waals surface area contributed by atoms with Gasteiger partial charge in [0.15, 0.2) is 0 Å². The number of ether oxygens (including phenoxy) is 1. The fraction of sp³-hybridized carbons (Fsp3) is 0.600. The van der Waals surface area contributed by atoms with Crippen LogP contribution in [-0.4, -0.2) is 19.3 Å². The summed E-state index contributed by atoms with van der Waals surface area (Å²) in [6.07, 6.45) is 2.20. The largest absolute Gasteiger partial charge is 0.381 e. The van der Waals surface area contributed by atoms with Crippen molar-refractivity contribution in [3.63, 3.8) is 0 Å². The maximum absolute atomic E-state index is 12.5. The van der Waals surface area contributed by atoms with Crippen LogP contribution in [0.2, 0.25) is 0 Å². The Morgan fingerprint density at radius 3 is 2.69 bits per heavy atom. The van der Waals surface area contributed by atoms with Gasteiger partial charge in [-0.2, -0.15) is 0 Å². The zero-order chi connectivity index (χ0) is 9.84. The Balaban J connectivity index is 2.58. The average molecular weight is 185 g/mol. The normalized spacial score (nSPS) is 21.0. The zero-order valence-corrected chi connectivity index (χ0v) is 7.92. The summed E-state index contributed by atoms with van der Waals surface area (Å²) in [7, 11) is 0. The molecule has 1 heterocycles. The van der Waals surface area contributed by atoms with Gasteiger partial charge in [-0.15, -0.1) is 0 Å². The molecule has 1 fully saturated rings. The molecule has 0 radical (unpaired) electrons. The van der Waals surface area contributed by atoms with Gasteiger partial charge < -0.3 is 10.5 Å². The van der Waals surface area contributed by atoms with Crippen LogP contribution >= 0.6 is 0 Å². The number of halogens is 1. The van der Waals surface area contributed by atoms with Gasteiger partial charge in [0.25, 0.3) is 0 Å². The number of allylic oxidation sites excluding steroid dienone is 2. The van der Waals surface area contributed by atoms with E-state index >= 15 is 0 Å². The summed E-state index contributed by atoms with van der Waals surface area (Å²) < 4.78 is 17.6. The molecule has 1 rings (SSSR count). The van der Waals surface area contributed by atoms with Crippen LogP contribution in [0.4, 0.5) is 4.39 Å². The highest BCUT2D eigenvalue weighted by Crippen LogP contribution is 2.21. The predicted octanol–water partition coefficient (Wildman–Crippen LogP) is 1.78. The van der Waals surface area contributed by atoms with Gasteiger partial charge in [-0.1, -0.05) is 19.1 Å². The summed E-state index contributed by atoms with van der Waals surface area (Å²) in [6.45, 7) is 6.55. The number of rotatable bonds is 4. The van der Waals surface area contributed by atoms with Gasteiger partial charge in [0.2, 0.25) is 0 Å².